The number of nitrogens with one attached hydrogen (secondary N) is 1. The van der Waals surface area contributed by atoms with Gasteiger partial charge in [-0.25, -0.2) is 4.98 Å². The van der Waals surface area contributed by atoms with Gasteiger partial charge in [0.25, 0.3) is 0 Å². The van der Waals surface area contributed by atoms with Crippen molar-refractivity contribution in [3.8, 4) is 6.07 Å². The normalized spacial score (nSPS) is 11.7. The molecule has 1 aromatic carbocycles. The molecule has 0 saturated carbocycles. The van der Waals surface area contributed by atoms with Gasteiger partial charge in [0.2, 0.25) is 0 Å². The Labute approximate surface area is 113 Å². The van der Waals surface area contributed by atoms with Gasteiger partial charge in [0.05, 0.1) is 6.07 Å². The second-order valence-electron chi connectivity index (χ2n) is 5.38. The molecule has 2 aromatic rings. The van der Waals surface area contributed by atoms with Crippen LogP contribution in [0.15, 0.2) is 22.6 Å². The Morgan fingerprint density at radius 1 is 1.42 bits per heavy atom. The molecule has 0 aliphatic heterocycles. The number of nitriles is 1. The molecular formula is C15H19N3O. The van der Waals surface area contributed by atoms with Crippen LogP contribution in [0.25, 0.3) is 11.1 Å². The largest absolute Gasteiger partial charge is 0.441 e. The quantitative estimate of drug-likeness (QED) is 0.836. The Morgan fingerprint density at radius 3 is 2.95 bits per heavy atom. The minimum absolute atomic E-state index is 0.00958. The van der Waals surface area contributed by atoms with E-state index in [4.69, 9.17) is 9.68 Å². The predicted octanol–water partition coefficient (Wildman–Crippen LogP) is 2.92. The second kappa shape index (κ2) is 5.41. The highest BCUT2D eigenvalue weighted by Crippen LogP contribution is 2.26. The summed E-state index contributed by atoms with van der Waals surface area (Å²) < 4.78 is 5.57. The summed E-state index contributed by atoms with van der Waals surface area (Å²) in [6, 6.07) is 8.28. The summed E-state index contributed by atoms with van der Waals surface area (Å²) in [5.74, 6) is 0.692. The minimum atomic E-state index is -0.00958. The zero-order valence-corrected chi connectivity index (χ0v) is 11.7. The van der Waals surface area contributed by atoms with E-state index in [1.807, 2.05) is 13.0 Å². The predicted molar refractivity (Wildman–Crippen MR) is 74.9 cm³/mol. The molecule has 4 heteroatoms. The van der Waals surface area contributed by atoms with E-state index in [-0.39, 0.29) is 5.41 Å². The maximum absolute atomic E-state index is 8.52. The Kier molecular flexibility index (Phi) is 3.87. The van der Waals surface area contributed by atoms with Crippen molar-refractivity contribution in [3.63, 3.8) is 0 Å². The van der Waals surface area contributed by atoms with E-state index in [9.17, 15) is 0 Å². The lowest BCUT2D eigenvalue weighted by Crippen LogP contribution is -2.33. The van der Waals surface area contributed by atoms with Gasteiger partial charge in [0.15, 0.2) is 11.5 Å². The monoisotopic (exact) mass is 257 g/mol. The second-order valence-corrected chi connectivity index (χ2v) is 5.38. The van der Waals surface area contributed by atoms with Crippen LogP contribution in [-0.4, -0.2) is 18.1 Å². The summed E-state index contributed by atoms with van der Waals surface area (Å²) in [5, 5.41) is 11.8. The SMILES string of the molecule is Cc1nc2ccc(C(C)(C)CNCCC#N)cc2o1. The number of hydrogen-bond donors (Lipinski definition) is 1. The molecule has 0 radical (unpaired) electrons. The Morgan fingerprint density at radius 2 is 2.21 bits per heavy atom. The van der Waals surface area contributed by atoms with E-state index in [0.717, 1.165) is 24.2 Å². The van der Waals surface area contributed by atoms with Crippen LogP contribution >= 0.6 is 0 Å². The summed E-state index contributed by atoms with van der Waals surface area (Å²) in [6.07, 6.45) is 0.538. The highest BCUT2D eigenvalue weighted by atomic mass is 16.3. The fourth-order valence-corrected chi connectivity index (χ4v) is 2.11. The lowest BCUT2D eigenvalue weighted by molar-refractivity contribution is 0.472. The molecule has 2 rings (SSSR count). The van der Waals surface area contributed by atoms with Gasteiger partial charge in [-0.05, 0) is 17.7 Å². The molecule has 0 saturated heterocycles. The first-order valence-electron chi connectivity index (χ1n) is 6.48. The average Bonchev–Trinajstić information content (AvgIpc) is 2.73. The number of fused-ring (bicyclic) bond motifs is 1. The highest BCUT2D eigenvalue weighted by molar-refractivity contribution is 5.73. The molecule has 0 aliphatic rings. The third kappa shape index (κ3) is 3.12. The van der Waals surface area contributed by atoms with Crippen molar-refractivity contribution < 1.29 is 4.42 Å². The molecule has 0 atom stereocenters. The third-order valence-corrected chi connectivity index (χ3v) is 3.26. The zero-order chi connectivity index (χ0) is 13.9. The first kappa shape index (κ1) is 13.6. The Bertz CT molecular complexity index is 607. The van der Waals surface area contributed by atoms with Gasteiger partial charge in [-0.1, -0.05) is 19.9 Å². The molecule has 1 N–H and O–H groups in total. The standard InChI is InChI=1S/C15H19N3O/c1-11-18-13-6-5-12(9-14(13)19-11)15(2,3)10-17-8-4-7-16/h5-6,9,17H,4,8,10H2,1-3H3. The summed E-state index contributed by atoms with van der Waals surface area (Å²) in [5.41, 5.74) is 2.93. The zero-order valence-electron chi connectivity index (χ0n) is 11.7. The van der Waals surface area contributed by atoms with Crippen molar-refractivity contribution in [1.82, 2.24) is 10.3 Å². The average molecular weight is 257 g/mol. The van der Waals surface area contributed by atoms with Gasteiger partial charge in [-0.15, -0.1) is 0 Å². The number of aromatic nitrogens is 1. The fourth-order valence-electron chi connectivity index (χ4n) is 2.11. The molecule has 0 amide bonds. The molecule has 1 heterocycles. The van der Waals surface area contributed by atoms with Crippen LogP contribution in [0, 0.1) is 18.3 Å². The Balaban J connectivity index is 2.15. The molecule has 1 aromatic heterocycles. The van der Waals surface area contributed by atoms with E-state index < -0.39 is 0 Å². The lowest BCUT2D eigenvalue weighted by atomic mass is 9.84. The van der Waals surface area contributed by atoms with Gasteiger partial charge in [0, 0.05) is 31.8 Å². The van der Waals surface area contributed by atoms with Crippen LogP contribution in [0.3, 0.4) is 0 Å². The van der Waals surface area contributed by atoms with E-state index in [2.05, 4.69) is 42.4 Å². The summed E-state index contributed by atoms with van der Waals surface area (Å²) >= 11 is 0. The number of oxazole rings is 1. The van der Waals surface area contributed by atoms with Crippen molar-refractivity contribution in [3.05, 3.63) is 29.7 Å². The summed E-state index contributed by atoms with van der Waals surface area (Å²) in [7, 11) is 0. The molecule has 0 aliphatic carbocycles. The Hall–Kier alpha value is -1.86. The number of rotatable bonds is 5. The van der Waals surface area contributed by atoms with Crippen molar-refractivity contribution in [2.45, 2.75) is 32.6 Å². The molecule has 0 bridgehead atoms. The van der Waals surface area contributed by atoms with Crippen LogP contribution in [0.4, 0.5) is 0 Å². The van der Waals surface area contributed by atoms with Crippen LogP contribution in [-0.2, 0) is 5.41 Å². The van der Waals surface area contributed by atoms with Crippen molar-refractivity contribution in [1.29, 1.82) is 5.26 Å². The van der Waals surface area contributed by atoms with Crippen LogP contribution in [0.2, 0.25) is 0 Å². The van der Waals surface area contributed by atoms with Gasteiger partial charge in [0.1, 0.15) is 5.52 Å². The highest BCUT2D eigenvalue weighted by Gasteiger charge is 2.21. The number of hydrogen-bond acceptors (Lipinski definition) is 4. The number of nitrogens with zero attached hydrogens (tertiary/aromatic N) is 2. The molecule has 100 valence electrons. The van der Waals surface area contributed by atoms with Crippen molar-refractivity contribution >= 4 is 11.1 Å². The molecular weight excluding hydrogens is 238 g/mol. The lowest BCUT2D eigenvalue weighted by Gasteiger charge is -2.25. The third-order valence-electron chi connectivity index (χ3n) is 3.26. The summed E-state index contributed by atoms with van der Waals surface area (Å²) in [6.45, 7) is 7.76. The first-order valence-corrected chi connectivity index (χ1v) is 6.48. The molecule has 4 nitrogen and oxygen atoms in total. The van der Waals surface area contributed by atoms with E-state index in [1.54, 1.807) is 0 Å². The maximum atomic E-state index is 8.52. The molecule has 0 fully saturated rings. The van der Waals surface area contributed by atoms with E-state index in [0.29, 0.717) is 12.3 Å². The molecule has 19 heavy (non-hydrogen) atoms. The van der Waals surface area contributed by atoms with Gasteiger partial charge >= 0.3 is 0 Å². The maximum Gasteiger partial charge on any atom is 0.192 e. The fraction of sp³-hybridized carbons (Fsp3) is 0.467. The van der Waals surface area contributed by atoms with Crippen molar-refractivity contribution in [2.75, 3.05) is 13.1 Å². The van der Waals surface area contributed by atoms with Gasteiger partial charge in [-0.3, -0.25) is 0 Å². The summed E-state index contributed by atoms with van der Waals surface area (Å²) in [4.78, 5) is 4.30. The smallest absolute Gasteiger partial charge is 0.192 e. The number of benzene rings is 1. The van der Waals surface area contributed by atoms with Crippen LogP contribution in [0.1, 0.15) is 31.7 Å². The van der Waals surface area contributed by atoms with Crippen LogP contribution in [0.5, 0.6) is 0 Å². The topological polar surface area (TPSA) is 61.9 Å². The first-order chi connectivity index (χ1) is 9.03. The minimum Gasteiger partial charge on any atom is -0.441 e. The van der Waals surface area contributed by atoms with Gasteiger partial charge in [-0.2, -0.15) is 5.26 Å². The van der Waals surface area contributed by atoms with Crippen LogP contribution < -0.4 is 5.32 Å². The number of aryl methyl sites for hydroxylation is 1. The van der Waals surface area contributed by atoms with Crippen molar-refractivity contribution in [2.24, 2.45) is 0 Å². The molecule has 0 spiro atoms. The molecule has 0 unspecified atom stereocenters. The van der Waals surface area contributed by atoms with E-state index >= 15 is 0 Å². The van der Waals surface area contributed by atoms with Gasteiger partial charge < -0.3 is 9.73 Å². The van der Waals surface area contributed by atoms with E-state index in [1.165, 1.54) is 5.56 Å².